The number of hydrogen-bond acceptors (Lipinski definition) is 4. The van der Waals surface area contributed by atoms with E-state index in [-0.39, 0.29) is 23.6 Å². The van der Waals surface area contributed by atoms with Crippen molar-refractivity contribution < 1.29 is 19.8 Å². The second kappa shape index (κ2) is 12.5. The summed E-state index contributed by atoms with van der Waals surface area (Å²) < 4.78 is 0. The van der Waals surface area contributed by atoms with Crippen LogP contribution in [0.5, 0.6) is 0 Å². The highest BCUT2D eigenvalue weighted by Gasteiger charge is 2.32. The Bertz CT molecular complexity index is 672. The normalized spacial score (nSPS) is 19.2. The molecule has 7 heteroatoms. The Morgan fingerprint density at radius 3 is 2.90 bits per heavy atom. The van der Waals surface area contributed by atoms with Gasteiger partial charge in [0, 0.05) is 24.0 Å². The zero-order valence-electron chi connectivity index (χ0n) is 17.1. The average molecular weight is 442 g/mol. The summed E-state index contributed by atoms with van der Waals surface area (Å²) in [5, 5.41) is 19.9. The van der Waals surface area contributed by atoms with E-state index in [2.05, 4.69) is 6.92 Å². The Balaban J connectivity index is 1.82. The summed E-state index contributed by atoms with van der Waals surface area (Å²) in [6, 6.07) is 7.74. The molecule has 0 bridgehead atoms. The second-order valence-corrected chi connectivity index (χ2v) is 9.44. The van der Waals surface area contributed by atoms with Gasteiger partial charge in [-0.05, 0) is 67.9 Å². The summed E-state index contributed by atoms with van der Waals surface area (Å²) in [4.78, 5) is 25.1. The molecule has 0 spiro atoms. The lowest BCUT2D eigenvalue weighted by Gasteiger charge is -2.40. The fourth-order valence-corrected chi connectivity index (χ4v) is 5.02. The van der Waals surface area contributed by atoms with Crippen molar-refractivity contribution in [1.82, 2.24) is 4.90 Å². The zero-order chi connectivity index (χ0) is 21.2. The van der Waals surface area contributed by atoms with Gasteiger partial charge in [-0.15, -0.1) is 0 Å². The third kappa shape index (κ3) is 8.57. The van der Waals surface area contributed by atoms with Gasteiger partial charge in [0.15, 0.2) is 0 Å². The molecule has 1 aliphatic heterocycles. The summed E-state index contributed by atoms with van der Waals surface area (Å²) in [5.41, 5.74) is 1.02. The highest BCUT2D eigenvalue weighted by molar-refractivity contribution is 7.99. The van der Waals surface area contributed by atoms with E-state index in [0.29, 0.717) is 30.8 Å². The van der Waals surface area contributed by atoms with Crippen molar-refractivity contribution >= 4 is 35.2 Å². The maximum atomic E-state index is 12.5. The molecule has 0 saturated carbocycles. The van der Waals surface area contributed by atoms with Crippen LogP contribution in [0.2, 0.25) is 5.02 Å². The van der Waals surface area contributed by atoms with Crippen molar-refractivity contribution in [1.29, 1.82) is 0 Å². The van der Waals surface area contributed by atoms with Crippen LogP contribution in [0.25, 0.3) is 0 Å². The molecule has 3 atom stereocenters. The van der Waals surface area contributed by atoms with Crippen LogP contribution in [-0.2, 0) is 16.0 Å². The lowest BCUT2D eigenvalue weighted by Crippen LogP contribution is -2.48. The largest absolute Gasteiger partial charge is 0.481 e. The number of carboxylic acid groups (broad SMARTS) is 1. The van der Waals surface area contributed by atoms with Crippen LogP contribution in [0.4, 0.5) is 0 Å². The number of nitrogens with zero attached hydrogens (tertiary/aromatic N) is 1. The van der Waals surface area contributed by atoms with Gasteiger partial charge in [0.05, 0.1) is 11.9 Å². The highest BCUT2D eigenvalue weighted by atomic mass is 35.5. The van der Waals surface area contributed by atoms with Crippen LogP contribution < -0.4 is 0 Å². The molecule has 2 rings (SSSR count). The number of aliphatic hydroxyl groups is 1. The smallest absolute Gasteiger partial charge is 0.313 e. The predicted molar refractivity (Wildman–Crippen MR) is 118 cm³/mol. The van der Waals surface area contributed by atoms with Gasteiger partial charge in [-0.3, -0.25) is 9.59 Å². The Kier molecular flexibility index (Phi) is 10.3. The third-order valence-corrected chi connectivity index (χ3v) is 6.70. The number of benzene rings is 1. The molecule has 1 aromatic rings. The first-order valence-corrected chi connectivity index (χ1v) is 11.9. The number of thioether (sulfide) groups is 1. The number of amides is 1. The highest BCUT2D eigenvalue weighted by Crippen LogP contribution is 2.28. The topological polar surface area (TPSA) is 77.8 Å². The fraction of sp³-hybridized carbons (Fsp3) is 0.636. The van der Waals surface area contributed by atoms with Crippen molar-refractivity contribution in [2.75, 3.05) is 18.1 Å². The first kappa shape index (κ1) is 24.0. The summed E-state index contributed by atoms with van der Waals surface area (Å²) in [6.45, 7) is 2.84. The molecule has 162 valence electrons. The average Bonchev–Trinajstić information content (AvgIpc) is 2.65. The molecular weight excluding hydrogens is 410 g/mol. The van der Waals surface area contributed by atoms with Crippen LogP contribution in [0.1, 0.15) is 51.0 Å². The van der Waals surface area contributed by atoms with Gasteiger partial charge in [-0.25, -0.2) is 0 Å². The molecule has 1 amide bonds. The number of unbranched alkanes of at least 4 members (excludes halogenated alkanes) is 1. The van der Waals surface area contributed by atoms with E-state index >= 15 is 0 Å². The van der Waals surface area contributed by atoms with Gasteiger partial charge in [-0.1, -0.05) is 30.7 Å². The van der Waals surface area contributed by atoms with E-state index in [1.807, 2.05) is 29.2 Å². The number of rotatable bonds is 12. The van der Waals surface area contributed by atoms with E-state index in [1.54, 1.807) is 0 Å². The van der Waals surface area contributed by atoms with Crippen molar-refractivity contribution in [2.45, 2.75) is 64.0 Å². The molecule has 1 aromatic carbocycles. The molecule has 1 unspecified atom stereocenters. The van der Waals surface area contributed by atoms with E-state index in [4.69, 9.17) is 16.7 Å². The van der Waals surface area contributed by atoms with Gasteiger partial charge < -0.3 is 15.1 Å². The van der Waals surface area contributed by atoms with Crippen molar-refractivity contribution in [3.63, 3.8) is 0 Å². The Morgan fingerprint density at radius 2 is 2.17 bits per heavy atom. The summed E-state index contributed by atoms with van der Waals surface area (Å²) in [7, 11) is 0. The first-order valence-electron chi connectivity index (χ1n) is 10.4. The number of hydrogen-bond donors (Lipinski definition) is 2. The van der Waals surface area contributed by atoms with E-state index in [0.717, 1.165) is 37.0 Å². The van der Waals surface area contributed by atoms with E-state index in [1.165, 1.54) is 11.8 Å². The molecule has 0 aromatic heterocycles. The van der Waals surface area contributed by atoms with Crippen LogP contribution in [0.3, 0.4) is 0 Å². The lowest BCUT2D eigenvalue weighted by molar-refractivity contribution is -0.138. The quantitative estimate of drug-likeness (QED) is 0.474. The monoisotopic (exact) mass is 441 g/mol. The van der Waals surface area contributed by atoms with Crippen molar-refractivity contribution in [3.8, 4) is 0 Å². The molecule has 1 aliphatic rings. The maximum absolute atomic E-state index is 12.5. The van der Waals surface area contributed by atoms with Crippen LogP contribution in [-0.4, -0.2) is 57.2 Å². The Hall–Kier alpha value is -1.24. The van der Waals surface area contributed by atoms with Crippen molar-refractivity contribution in [3.05, 3.63) is 34.9 Å². The molecule has 1 heterocycles. The number of halogens is 1. The first-order chi connectivity index (χ1) is 13.9. The number of carbonyl (C=O) groups excluding carboxylic acids is 1. The minimum absolute atomic E-state index is 0.132. The molecular formula is C22H32ClNO4S. The van der Waals surface area contributed by atoms with Gasteiger partial charge in [0.1, 0.15) is 0 Å². The fourth-order valence-electron chi connectivity index (χ4n) is 4.08. The molecule has 29 heavy (non-hydrogen) atoms. The maximum Gasteiger partial charge on any atom is 0.313 e. The standard InChI is InChI=1S/C22H32ClNO4S/c1-16(12-19(25)14-17-6-4-7-18(23)13-17)20-8-5-9-21(26)24(20)10-2-3-11-29-15-22(27)28/h4,6-7,13,16,19-20,25H,2-3,5,8-12,14-15H2,1H3,(H,27,28)/t16-,19?,20+/m0/s1. The molecule has 1 fully saturated rings. The predicted octanol–water partition coefficient (Wildman–Crippen LogP) is 4.25. The van der Waals surface area contributed by atoms with Crippen LogP contribution in [0.15, 0.2) is 24.3 Å². The Morgan fingerprint density at radius 1 is 1.38 bits per heavy atom. The number of carbonyl (C=O) groups is 2. The summed E-state index contributed by atoms with van der Waals surface area (Å²) in [5.74, 6) is 0.566. The van der Waals surface area contributed by atoms with Gasteiger partial charge in [0.2, 0.25) is 5.91 Å². The number of aliphatic hydroxyl groups excluding tert-OH is 1. The second-order valence-electron chi connectivity index (χ2n) is 7.90. The van der Waals surface area contributed by atoms with Crippen LogP contribution >= 0.6 is 23.4 Å². The number of carboxylic acids is 1. The number of piperidine rings is 1. The van der Waals surface area contributed by atoms with Crippen LogP contribution in [0, 0.1) is 5.92 Å². The Labute approximate surface area is 182 Å². The molecule has 0 radical (unpaired) electrons. The molecule has 5 nitrogen and oxygen atoms in total. The summed E-state index contributed by atoms with van der Waals surface area (Å²) in [6.07, 6.45) is 5.01. The van der Waals surface area contributed by atoms with Gasteiger partial charge >= 0.3 is 5.97 Å². The van der Waals surface area contributed by atoms with Gasteiger partial charge in [-0.2, -0.15) is 11.8 Å². The minimum atomic E-state index is -0.786. The van der Waals surface area contributed by atoms with Gasteiger partial charge in [0.25, 0.3) is 0 Å². The molecule has 0 aliphatic carbocycles. The molecule has 2 N–H and O–H groups in total. The minimum Gasteiger partial charge on any atom is -0.481 e. The summed E-state index contributed by atoms with van der Waals surface area (Å²) >= 11 is 7.45. The lowest BCUT2D eigenvalue weighted by atomic mass is 9.86. The zero-order valence-corrected chi connectivity index (χ0v) is 18.6. The number of likely N-dealkylation sites (tertiary alicyclic amines) is 1. The van der Waals surface area contributed by atoms with Crippen molar-refractivity contribution in [2.24, 2.45) is 5.92 Å². The van der Waals surface area contributed by atoms with E-state index < -0.39 is 12.1 Å². The SMILES string of the molecule is C[C@@H](CC(O)Cc1cccc(Cl)c1)[C@H]1CCCC(=O)N1CCCCSCC(=O)O. The molecule has 1 saturated heterocycles. The van der Waals surface area contributed by atoms with E-state index in [9.17, 15) is 14.7 Å². The third-order valence-electron chi connectivity index (χ3n) is 5.44. The number of aliphatic carboxylic acids is 1.